The Morgan fingerprint density at radius 2 is 1.94 bits per heavy atom. The maximum absolute atomic E-state index is 11.2. The van der Waals surface area contributed by atoms with Crippen LogP contribution < -0.4 is 21.1 Å². The molecule has 0 spiro atoms. The van der Waals surface area contributed by atoms with E-state index in [4.69, 9.17) is 5.73 Å². The lowest BCUT2D eigenvalue weighted by molar-refractivity contribution is 0.588. The average molecular weight is 260 g/mol. The van der Waals surface area contributed by atoms with Gasteiger partial charge < -0.3 is 16.4 Å². The molecule has 1 aromatic heterocycles. The first kappa shape index (κ1) is 13.5. The van der Waals surface area contributed by atoms with Gasteiger partial charge in [0.15, 0.2) is 0 Å². The summed E-state index contributed by atoms with van der Waals surface area (Å²) in [5.41, 5.74) is 5.49. The van der Waals surface area contributed by atoms with Gasteiger partial charge in [0.2, 0.25) is 16.0 Å². The second-order valence-corrected chi connectivity index (χ2v) is 5.24. The summed E-state index contributed by atoms with van der Waals surface area (Å²) in [7, 11) is -0.141. The molecule has 0 aliphatic carbocycles. The fourth-order valence-corrected chi connectivity index (χ4v) is 1.67. The van der Waals surface area contributed by atoms with Gasteiger partial charge in [0, 0.05) is 19.7 Å². The van der Waals surface area contributed by atoms with Crippen LogP contribution in [0.1, 0.15) is 0 Å². The molecular weight excluding hydrogens is 244 g/mol. The Kier molecular flexibility index (Phi) is 4.46. The van der Waals surface area contributed by atoms with Crippen LogP contribution in [0.15, 0.2) is 6.07 Å². The van der Waals surface area contributed by atoms with Gasteiger partial charge >= 0.3 is 0 Å². The summed E-state index contributed by atoms with van der Waals surface area (Å²) in [6.07, 6.45) is 0. The fourth-order valence-electron chi connectivity index (χ4n) is 1.10. The molecule has 0 amide bonds. The number of nitrogens with zero attached hydrogens (tertiary/aromatic N) is 2. The topological polar surface area (TPSA) is 122 Å². The third-order valence-corrected chi connectivity index (χ3v) is 3.35. The fraction of sp³-hybridized carbons (Fsp3) is 0.500. The number of nitrogen functional groups attached to an aromatic ring is 1. The number of sulfonamides is 1. The van der Waals surface area contributed by atoms with Gasteiger partial charge in [-0.15, -0.1) is 0 Å². The van der Waals surface area contributed by atoms with E-state index in [1.807, 2.05) is 0 Å². The Morgan fingerprint density at radius 1 is 1.29 bits per heavy atom. The van der Waals surface area contributed by atoms with E-state index in [0.29, 0.717) is 11.6 Å². The zero-order chi connectivity index (χ0) is 12.9. The molecule has 0 atom stereocenters. The first-order valence-electron chi connectivity index (χ1n) is 4.94. The van der Waals surface area contributed by atoms with Crippen molar-refractivity contribution in [1.29, 1.82) is 0 Å². The van der Waals surface area contributed by atoms with Crippen molar-refractivity contribution < 1.29 is 8.42 Å². The summed E-state index contributed by atoms with van der Waals surface area (Å²) in [5.74, 6) is 1.13. The molecule has 0 bridgehead atoms. The van der Waals surface area contributed by atoms with Gasteiger partial charge in [0.1, 0.15) is 11.6 Å². The van der Waals surface area contributed by atoms with E-state index >= 15 is 0 Å². The number of hydrogen-bond donors (Lipinski definition) is 4. The van der Waals surface area contributed by atoms with Crippen molar-refractivity contribution in [3.05, 3.63) is 6.07 Å². The Hall–Kier alpha value is -1.61. The highest BCUT2D eigenvalue weighted by Gasteiger charge is 2.06. The smallest absolute Gasteiger partial charge is 0.223 e. The van der Waals surface area contributed by atoms with E-state index in [1.165, 1.54) is 7.05 Å². The van der Waals surface area contributed by atoms with Crippen molar-refractivity contribution in [3.63, 3.8) is 0 Å². The van der Waals surface area contributed by atoms with Gasteiger partial charge in [-0.25, -0.2) is 13.1 Å². The molecule has 1 heterocycles. The largest absolute Gasteiger partial charge is 0.373 e. The first-order chi connectivity index (χ1) is 7.96. The van der Waals surface area contributed by atoms with E-state index in [2.05, 4.69) is 25.3 Å². The minimum absolute atomic E-state index is 0.0394. The van der Waals surface area contributed by atoms with Crippen LogP contribution in [0.5, 0.6) is 0 Å². The lowest BCUT2D eigenvalue weighted by Gasteiger charge is -2.08. The molecule has 0 aliphatic heterocycles. The van der Waals surface area contributed by atoms with Crippen molar-refractivity contribution in [2.45, 2.75) is 0 Å². The summed E-state index contributed by atoms with van der Waals surface area (Å²) in [6, 6.07) is 1.64. The molecule has 96 valence electrons. The highest BCUT2D eigenvalue weighted by atomic mass is 32.2. The number of nitrogens with two attached hydrogens (primary N) is 1. The van der Waals surface area contributed by atoms with E-state index in [-0.39, 0.29) is 18.2 Å². The molecule has 1 aromatic rings. The molecule has 9 heteroatoms. The molecule has 5 N–H and O–H groups in total. The molecule has 17 heavy (non-hydrogen) atoms. The summed E-state index contributed by atoms with van der Waals surface area (Å²) < 4.78 is 24.5. The minimum atomic E-state index is -3.22. The van der Waals surface area contributed by atoms with Crippen LogP contribution in [-0.4, -0.2) is 44.8 Å². The van der Waals surface area contributed by atoms with Crippen molar-refractivity contribution >= 4 is 27.6 Å². The quantitative estimate of drug-likeness (QED) is 0.520. The van der Waals surface area contributed by atoms with Crippen LogP contribution in [0.4, 0.5) is 17.6 Å². The standard InChI is InChI=1S/C8H16N6O2S/c1-10-6-5-7(14-8(9)13-6)12-3-4-17(15,16)11-2/h5,11H,3-4H2,1-2H3,(H4,9,10,12,13,14). The van der Waals surface area contributed by atoms with E-state index in [1.54, 1.807) is 13.1 Å². The molecule has 0 fully saturated rings. The molecule has 1 rings (SSSR count). The Labute approximate surface area is 100 Å². The summed E-state index contributed by atoms with van der Waals surface area (Å²) in [4.78, 5) is 7.84. The zero-order valence-corrected chi connectivity index (χ0v) is 10.5. The Bertz CT molecular complexity index is 475. The van der Waals surface area contributed by atoms with E-state index in [0.717, 1.165) is 0 Å². The summed E-state index contributed by atoms with van der Waals surface area (Å²) >= 11 is 0. The average Bonchev–Trinajstić information content (AvgIpc) is 2.28. The predicted octanol–water partition coefficient (Wildman–Crippen LogP) is -0.938. The molecule has 0 aromatic carbocycles. The van der Waals surface area contributed by atoms with Gasteiger partial charge in [-0.1, -0.05) is 0 Å². The number of anilines is 3. The van der Waals surface area contributed by atoms with E-state index < -0.39 is 10.0 Å². The highest BCUT2D eigenvalue weighted by molar-refractivity contribution is 7.89. The molecule has 0 aliphatic rings. The van der Waals surface area contributed by atoms with Crippen molar-refractivity contribution in [3.8, 4) is 0 Å². The monoisotopic (exact) mass is 260 g/mol. The summed E-state index contributed by atoms with van der Waals surface area (Å²) in [6.45, 7) is 0.239. The number of aromatic nitrogens is 2. The third-order valence-electron chi connectivity index (χ3n) is 1.99. The van der Waals surface area contributed by atoms with Crippen LogP contribution in [0, 0.1) is 0 Å². The maximum atomic E-state index is 11.2. The van der Waals surface area contributed by atoms with Gasteiger partial charge in [-0.05, 0) is 7.05 Å². The lowest BCUT2D eigenvalue weighted by atomic mass is 10.5. The molecule has 0 saturated heterocycles. The maximum Gasteiger partial charge on any atom is 0.223 e. The van der Waals surface area contributed by atoms with Crippen LogP contribution in [0.2, 0.25) is 0 Å². The van der Waals surface area contributed by atoms with Gasteiger partial charge in [-0.2, -0.15) is 9.97 Å². The summed E-state index contributed by atoms with van der Waals surface area (Å²) in [5, 5.41) is 5.68. The Balaban J connectivity index is 2.61. The number of nitrogens with one attached hydrogen (secondary N) is 3. The third kappa shape index (κ3) is 4.41. The van der Waals surface area contributed by atoms with Crippen molar-refractivity contribution in [1.82, 2.24) is 14.7 Å². The zero-order valence-electron chi connectivity index (χ0n) is 9.69. The van der Waals surface area contributed by atoms with Gasteiger partial charge in [0.05, 0.1) is 5.75 Å². The highest BCUT2D eigenvalue weighted by Crippen LogP contribution is 2.11. The minimum Gasteiger partial charge on any atom is -0.373 e. The SMILES string of the molecule is CNc1cc(NCCS(=O)(=O)NC)nc(N)n1. The van der Waals surface area contributed by atoms with Crippen molar-refractivity contribution in [2.75, 3.05) is 42.8 Å². The molecule has 0 unspecified atom stereocenters. The predicted molar refractivity (Wildman–Crippen MR) is 67.3 cm³/mol. The second kappa shape index (κ2) is 5.64. The van der Waals surface area contributed by atoms with Crippen LogP contribution in [-0.2, 0) is 10.0 Å². The van der Waals surface area contributed by atoms with Crippen LogP contribution in [0.3, 0.4) is 0 Å². The van der Waals surface area contributed by atoms with E-state index in [9.17, 15) is 8.42 Å². The second-order valence-electron chi connectivity index (χ2n) is 3.20. The number of hydrogen-bond acceptors (Lipinski definition) is 7. The first-order valence-corrected chi connectivity index (χ1v) is 6.59. The normalized spacial score (nSPS) is 11.2. The van der Waals surface area contributed by atoms with Crippen LogP contribution >= 0.6 is 0 Å². The Morgan fingerprint density at radius 3 is 2.53 bits per heavy atom. The lowest BCUT2D eigenvalue weighted by Crippen LogP contribution is -2.26. The van der Waals surface area contributed by atoms with Gasteiger partial charge in [0.25, 0.3) is 0 Å². The molecular formula is C8H16N6O2S. The molecule has 0 radical (unpaired) electrons. The van der Waals surface area contributed by atoms with Gasteiger partial charge in [-0.3, -0.25) is 0 Å². The molecule has 0 saturated carbocycles. The molecule has 8 nitrogen and oxygen atoms in total. The van der Waals surface area contributed by atoms with Crippen LogP contribution in [0.25, 0.3) is 0 Å². The number of rotatable bonds is 6. The van der Waals surface area contributed by atoms with Crippen molar-refractivity contribution in [2.24, 2.45) is 0 Å².